The van der Waals surface area contributed by atoms with Crippen molar-refractivity contribution in [3.05, 3.63) is 17.0 Å². The minimum absolute atomic E-state index is 0.188. The van der Waals surface area contributed by atoms with Crippen molar-refractivity contribution in [2.24, 2.45) is 5.41 Å². The molecule has 5 heteroatoms. The lowest BCUT2D eigenvalue weighted by Crippen LogP contribution is -2.40. The molecule has 1 unspecified atom stereocenters. The maximum absolute atomic E-state index is 12.5. The zero-order chi connectivity index (χ0) is 15.2. The van der Waals surface area contributed by atoms with Crippen molar-refractivity contribution in [3.8, 4) is 0 Å². The summed E-state index contributed by atoms with van der Waals surface area (Å²) in [7, 11) is 0. The molecule has 0 radical (unpaired) electrons. The summed E-state index contributed by atoms with van der Waals surface area (Å²) < 4.78 is 5.48. The van der Waals surface area contributed by atoms with E-state index < -0.39 is 0 Å². The van der Waals surface area contributed by atoms with Crippen molar-refractivity contribution in [1.29, 1.82) is 0 Å². The Hall–Kier alpha value is -0.910. The fourth-order valence-electron chi connectivity index (χ4n) is 4.27. The Kier molecular flexibility index (Phi) is 3.75. The summed E-state index contributed by atoms with van der Waals surface area (Å²) in [5.41, 5.74) is 0.188. The van der Waals surface area contributed by atoms with Gasteiger partial charge in [0, 0.05) is 49.1 Å². The molecule has 1 spiro atoms. The Labute approximate surface area is 136 Å². The minimum Gasteiger partial charge on any atom is -0.381 e. The first-order valence-electron chi connectivity index (χ1n) is 8.34. The molecule has 1 amide bonds. The van der Waals surface area contributed by atoms with Gasteiger partial charge in [0.1, 0.15) is 0 Å². The third kappa shape index (κ3) is 2.59. The van der Waals surface area contributed by atoms with Crippen molar-refractivity contribution in [3.63, 3.8) is 0 Å². The van der Waals surface area contributed by atoms with Gasteiger partial charge in [-0.3, -0.25) is 9.69 Å². The fraction of sp³-hybridized carbons (Fsp3) is 0.706. The van der Waals surface area contributed by atoms with Gasteiger partial charge >= 0.3 is 0 Å². The zero-order valence-corrected chi connectivity index (χ0v) is 14.0. The maximum Gasteiger partial charge on any atom is 0.228 e. The van der Waals surface area contributed by atoms with E-state index in [1.54, 1.807) is 11.3 Å². The number of anilines is 1. The number of hydrogen-bond donors (Lipinski definition) is 0. The van der Waals surface area contributed by atoms with E-state index >= 15 is 0 Å². The Bertz CT molecular complexity index is 567. The molecular weight excluding hydrogens is 296 g/mol. The molecule has 1 aromatic heterocycles. The number of thiophene rings is 1. The van der Waals surface area contributed by atoms with Gasteiger partial charge < -0.3 is 9.64 Å². The average Bonchev–Trinajstić information content (AvgIpc) is 3.20. The second-order valence-corrected chi connectivity index (χ2v) is 8.37. The van der Waals surface area contributed by atoms with Crippen LogP contribution in [0.25, 0.3) is 0 Å². The van der Waals surface area contributed by atoms with Crippen LogP contribution in [-0.2, 0) is 9.53 Å². The van der Waals surface area contributed by atoms with E-state index in [0.29, 0.717) is 11.9 Å². The Morgan fingerprint density at radius 1 is 1.27 bits per heavy atom. The zero-order valence-electron chi connectivity index (χ0n) is 13.2. The van der Waals surface area contributed by atoms with Gasteiger partial charge in [-0.15, -0.1) is 11.3 Å². The molecule has 3 aliphatic rings. The van der Waals surface area contributed by atoms with Crippen LogP contribution in [0.1, 0.15) is 30.6 Å². The average molecular weight is 320 g/mol. The predicted molar refractivity (Wildman–Crippen MR) is 88.5 cm³/mol. The lowest BCUT2D eigenvalue weighted by atomic mass is 9.86. The molecule has 3 aliphatic heterocycles. The van der Waals surface area contributed by atoms with E-state index in [1.165, 1.54) is 4.88 Å². The largest absolute Gasteiger partial charge is 0.381 e. The van der Waals surface area contributed by atoms with Crippen LogP contribution in [0, 0.1) is 12.3 Å². The van der Waals surface area contributed by atoms with Crippen molar-refractivity contribution in [2.45, 2.75) is 38.6 Å². The van der Waals surface area contributed by atoms with E-state index in [1.807, 2.05) is 4.90 Å². The summed E-state index contributed by atoms with van der Waals surface area (Å²) in [6.45, 7) is 7.04. The minimum atomic E-state index is 0.188. The van der Waals surface area contributed by atoms with Crippen molar-refractivity contribution < 1.29 is 9.53 Å². The normalized spacial score (nSPS) is 30.8. The highest BCUT2D eigenvalue weighted by Crippen LogP contribution is 2.44. The third-order valence-electron chi connectivity index (χ3n) is 5.49. The second-order valence-electron chi connectivity index (χ2n) is 7.10. The first kappa shape index (κ1) is 14.7. The summed E-state index contributed by atoms with van der Waals surface area (Å²) in [6.07, 6.45) is 4.19. The van der Waals surface area contributed by atoms with Crippen LogP contribution < -0.4 is 4.90 Å². The van der Waals surface area contributed by atoms with Crippen LogP contribution in [0.15, 0.2) is 12.1 Å². The van der Waals surface area contributed by atoms with Gasteiger partial charge in [-0.25, -0.2) is 0 Å². The van der Waals surface area contributed by atoms with Gasteiger partial charge in [0.15, 0.2) is 0 Å². The van der Waals surface area contributed by atoms with Crippen LogP contribution in [-0.4, -0.2) is 49.7 Å². The number of carbonyl (C=O) groups is 1. The smallest absolute Gasteiger partial charge is 0.228 e. The molecule has 0 N–H and O–H groups in total. The number of nitrogens with zero attached hydrogens (tertiary/aromatic N) is 2. The number of carbonyl (C=O) groups excluding carboxylic acids is 1. The van der Waals surface area contributed by atoms with Gasteiger partial charge in [0.05, 0.1) is 5.00 Å². The highest BCUT2D eigenvalue weighted by atomic mass is 32.1. The van der Waals surface area contributed by atoms with E-state index in [0.717, 1.165) is 63.5 Å². The number of amides is 1. The van der Waals surface area contributed by atoms with E-state index in [-0.39, 0.29) is 5.41 Å². The maximum atomic E-state index is 12.5. The van der Waals surface area contributed by atoms with Crippen LogP contribution in [0.5, 0.6) is 0 Å². The number of likely N-dealkylation sites (tertiary alicyclic amines) is 1. The monoisotopic (exact) mass is 320 g/mol. The summed E-state index contributed by atoms with van der Waals surface area (Å²) in [6, 6.07) is 4.88. The second kappa shape index (κ2) is 5.62. The molecule has 22 heavy (non-hydrogen) atoms. The first-order valence-corrected chi connectivity index (χ1v) is 9.16. The number of aryl methyl sites for hydroxylation is 1. The van der Waals surface area contributed by atoms with Gasteiger partial charge in [0.2, 0.25) is 5.91 Å². The Balaban J connectivity index is 1.46. The van der Waals surface area contributed by atoms with Gasteiger partial charge in [0.25, 0.3) is 0 Å². The lowest BCUT2D eigenvalue weighted by molar-refractivity contribution is -0.117. The SMILES string of the molecule is Cc1ccc(N2CC3(CCN(C4CCOCC4)C3)CC2=O)s1. The van der Waals surface area contributed by atoms with E-state index in [4.69, 9.17) is 4.74 Å². The molecule has 4 nitrogen and oxygen atoms in total. The van der Waals surface area contributed by atoms with E-state index in [2.05, 4.69) is 24.0 Å². The number of ether oxygens (including phenoxy) is 1. The topological polar surface area (TPSA) is 32.8 Å². The lowest BCUT2D eigenvalue weighted by Gasteiger charge is -2.32. The molecule has 120 valence electrons. The van der Waals surface area contributed by atoms with Crippen LogP contribution in [0.2, 0.25) is 0 Å². The molecule has 0 bridgehead atoms. The van der Waals surface area contributed by atoms with Gasteiger partial charge in [-0.1, -0.05) is 0 Å². The fourth-order valence-corrected chi connectivity index (χ4v) is 5.15. The van der Waals surface area contributed by atoms with Gasteiger partial charge in [-0.05, 0) is 44.9 Å². The quantitative estimate of drug-likeness (QED) is 0.840. The standard InChI is InChI=1S/C17H24N2O2S/c1-13-2-3-16(22-13)19-12-17(10-15(19)20)6-7-18(11-17)14-4-8-21-9-5-14/h2-3,14H,4-12H2,1H3. The van der Waals surface area contributed by atoms with Crippen molar-refractivity contribution in [2.75, 3.05) is 37.7 Å². The molecule has 3 saturated heterocycles. The Morgan fingerprint density at radius 2 is 2.09 bits per heavy atom. The van der Waals surface area contributed by atoms with Crippen LogP contribution in [0.4, 0.5) is 5.00 Å². The third-order valence-corrected chi connectivity index (χ3v) is 6.51. The van der Waals surface area contributed by atoms with E-state index in [9.17, 15) is 4.79 Å². The highest BCUT2D eigenvalue weighted by molar-refractivity contribution is 7.16. The summed E-state index contributed by atoms with van der Waals surface area (Å²) in [5.74, 6) is 0.315. The number of hydrogen-bond acceptors (Lipinski definition) is 4. The molecular formula is C17H24N2O2S. The van der Waals surface area contributed by atoms with Crippen LogP contribution >= 0.6 is 11.3 Å². The number of rotatable bonds is 2. The summed E-state index contributed by atoms with van der Waals surface area (Å²) >= 11 is 1.73. The van der Waals surface area contributed by atoms with Gasteiger partial charge in [-0.2, -0.15) is 0 Å². The predicted octanol–water partition coefficient (Wildman–Crippen LogP) is 2.66. The molecule has 4 rings (SSSR count). The first-order chi connectivity index (χ1) is 10.7. The summed E-state index contributed by atoms with van der Waals surface area (Å²) in [5, 5.41) is 1.13. The molecule has 0 saturated carbocycles. The molecule has 0 aliphatic carbocycles. The Morgan fingerprint density at radius 3 is 2.82 bits per heavy atom. The molecule has 4 heterocycles. The molecule has 1 atom stereocenters. The van der Waals surface area contributed by atoms with Crippen molar-refractivity contribution in [1.82, 2.24) is 4.90 Å². The molecule has 1 aromatic rings. The molecule has 0 aromatic carbocycles. The highest BCUT2D eigenvalue weighted by Gasteiger charge is 2.49. The van der Waals surface area contributed by atoms with Crippen molar-refractivity contribution >= 4 is 22.2 Å². The summed E-state index contributed by atoms with van der Waals surface area (Å²) in [4.78, 5) is 18.5. The molecule has 3 fully saturated rings. The van der Waals surface area contributed by atoms with Crippen LogP contribution in [0.3, 0.4) is 0 Å².